The summed E-state index contributed by atoms with van der Waals surface area (Å²) >= 11 is 0. The molecule has 0 heterocycles. The average Bonchev–Trinajstić information content (AvgIpc) is 2.18. The van der Waals surface area contributed by atoms with Crippen molar-refractivity contribution in [2.24, 2.45) is 5.92 Å². The molecule has 0 aromatic heterocycles. The third-order valence-corrected chi connectivity index (χ3v) is 2.19. The minimum Gasteiger partial charge on any atom is -0.430 e. The maximum absolute atomic E-state index is 11.1. The zero-order chi connectivity index (χ0) is 10.4. The summed E-state index contributed by atoms with van der Waals surface area (Å²) in [6, 6.07) is 0. The van der Waals surface area contributed by atoms with Gasteiger partial charge in [0.1, 0.15) is 12.4 Å². The van der Waals surface area contributed by atoms with Gasteiger partial charge in [0.25, 0.3) is 0 Å². The van der Waals surface area contributed by atoms with E-state index in [2.05, 4.69) is 6.58 Å². The first kappa shape index (κ1) is 10.8. The van der Waals surface area contributed by atoms with Crippen LogP contribution in [0.2, 0.25) is 0 Å². The van der Waals surface area contributed by atoms with E-state index >= 15 is 0 Å². The highest BCUT2D eigenvalue weighted by Gasteiger charge is 2.17. The lowest BCUT2D eigenvalue weighted by Crippen LogP contribution is -2.13. The lowest BCUT2D eigenvalue weighted by Gasteiger charge is -2.19. The third kappa shape index (κ3) is 3.24. The minimum absolute atomic E-state index is 0.195. The van der Waals surface area contributed by atoms with Gasteiger partial charge in [0, 0.05) is 5.92 Å². The van der Waals surface area contributed by atoms with E-state index in [1.54, 1.807) is 0 Å². The summed E-state index contributed by atoms with van der Waals surface area (Å²) in [6.45, 7) is 5.69. The van der Waals surface area contributed by atoms with Gasteiger partial charge in [0.15, 0.2) is 0 Å². The lowest BCUT2D eigenvalue weighted by molar-refractivity contribution is 0.0774. The summed E-state index contributed by atoms with van der Waals surface area (Å²) < 4.78 is 9.78. The Kier molecular flexibility index (Phi) is 4.23. The van der Waals surface area contributed by atoms with E-state index in [-0.39, 0.29) is 6.61 Å². The van der Waals surface area contributed by atoms with Gasteiger partial charge in [-0.15, -0.1) is 0 Å². The lowest BCUT2D eigenvalue weighted by atomic mass is 9.96. The first-order chi connectivity index (χ1) is 6.74. The fourth-order valence-electron chi connectivity index (χ4n) is 1.41. The number of rotatable bonds is 3. The molecule has 3 nitrogen and oxygen atoms in total. The summed E-state index contributed by atoms with van der Waals surface area (Å²) in [5.41, 5.74) is 0. The number of carbonyl (C=O) groups excluding carboxylic acids is 1. The number of allylic oxidation sites excluding steroid dienone is 2. The topological polar surface area (TPSA) is 35.5 Å². The molecule has 1 aliphatic rings. The maximum Gasteiger partial charge on any atom is 0.513 e. The molecule has 0 saturated carbocycles. The molecule has 0 aromatic carbocycles. The molecule has 0 spiro atoms. The van der Waals surface area contributed by atoms with Gasteiger partial charge in [-0.25, -0.2) is 4.79 Å². The molecule has 0 fully saturated rings. The monoisotopic (exact) mass is 196 g/mol. The normalized spacial score (nSPS) is 20.9. The molecule has 1 atom stereocenters. The predicted octanol–water partition coefficient (Wildman–Crippen LogP) is 3.03. The van der Waals surface area contributed by atoms with Crippen LogP contribution >= 0.6 is 0 Å². The van der Waals surface area contributed by atoms with Gasteiger partial charge >= 0.3 is 6.16 Å². The van der Waals surface area contributed by atoms with E-state index in [0.717, 1.165) is 25.0 Å². The zero-order valence-electron chi connectivity index (χ0n) is 8.49. The Morgan fingerprint density at radius 2 is 2.57 bits per heavy atom. The molecular weight excluding hydrogens is 180 g/mol. The molecule has 14 heavy (non-hydrogen) atoms. The van der Waals surface area contributed by atoms with Crippen LogP contribution in [-0.4, -0.2) is 12.8 Å². The molecule has 1 unspecified atom stereocenters. The van der Waals surface area contributed by atoms with Crippen molar-refractivity contribution < 1.29 is 14.3 Å². The zero-order valence-corrected chi connectivity index (χ0v) is 8.49. The van der Waals surface area contributed by atoms with Crippen LogP contribution in [0.4, 0.5) is 4.79 Å². The molecule has 0 aliphatic heterocycles. The smallest absolute Gasteiger partial charge is 0.430 e. The van der Waals surface area contributed by atoms with Crippen LogP contribution < -0.4 is 0 Å². The Balaban J connectivity index is 2.38. The first-order valence-electron chi connectivity index (χ1n) is 4.89. The molecule has 1 aliphatic carbocycles. The largest absolute Gasteiger partial charge is 0.513 e. The first-order valence-corrected chi connectivity index (χ1v) is 4.89. The van der Waals surface area contributed by atoms with Crippen molar-refractivity contribution in [1.29, 1.82) is 0 Å². The summed E-state index contributed by atoms with van der Waals surface area (Å²) in [7, 11) is 0. The van der Waals surface area contributed by atoms with Crippen LogP contribution in [-0.2, 0) is 9.47 Å². The Hall–Kier alpha value is -1.25. The van der Waals surface area contributed by atoms with E-state index < -0.39 is 6.16 Å². The summed E-state index contributed by atoms with van der Waals surface area (Å²) in [5.74, 6) is 1.06. The third-order valence-electron chi connectivity index (χ3n) is 2.19. The average molecular weight is 196 g/mol. The van der Waals surface area contributed by atoms with Crippen molar-refractivity contribution in [2.45, 2.75) is 26.2 Å². The second-order valence-corrected chi connectivity index (χ2v) is 3.39. The molecule has 0 aromatic rings. The van der Waals surface area contributed by atoms with Gasteiger partial charge in [0.05, 0.1) is 0 Å². The van der Waals surface area contributed by atoms with Crippen LogP contribution in [0.15, 0.2) is 24.5 Å². The van der Waals surface area contributed by atoms with Crippen LogP contribution in [0.1, 0.15) is 26.2 Å². The van der Waals surface area contributed by atoms with Crippen molar-refractivity contribution in [3.8, 4) is 0 Å². The fraction of sp³-hybridized carbons (Fsp3) is 0.545. The standard InChI is InChI=1S/C11H16O3/c1-3-8-13-11(12)14-10-7-5-4-6-9(10)2/h3,7,9H,1,4-6,8H2,2H3. The molecule has 0 amide bonds. The van der Waals surface area contributed by atoms with E-state index in [9.17, 15) is 4.79 Å². The minimum atomic E-state index is -0.634. The van der Waals surface area contributed by atoms with Crippen LogP contribution in [0, 0.1) is 5.92 Å². The van der Waals surface area contributed by atoms with E-state index in [4.69, 9.17) is 9.47 Å². The van der Waals surface area contributed by atoms with Gasteiger partial charge < -0.3 is 9.47 Å². The van der Waals surface area contributed by atoms with E-state index in [1.807, 2.05) is 13.0 Å². The Labute approximate surface area is 84.4 Å². The highest BCUT2D eigenvalue weighted by molar-refractivity contribution is 5.61. The Morgan fingerprint density at radius 3 is 3.21 bits per heavy atom. The van der Waals surface area contributed by atoms with Gasteiger partial charge in [-0.2, -0.15) is 0 Å². The molecule has 0 radical (unpaired) electrons. The number of carbonyl (C=O) groups is 1. The maximum atomic E-state index is 11.1. The molecule has 3 heteroatoms. The number of hydrogen-bond acceptors (Lipinski definition) is 3. The predicted molar refractivity (Wildman–Crippen MR) is 53.7 cm³/mol. The quantitative estimate of drug-likeness (QED) is 0.514. The van der Waals surface area contributed by atoms with Crippen molar-refractivity contribution in [2.75, 3.05) is 6.61 Å². The molecule has 0 saturated heterocycles. The Morgan fingerprint density at radius 1 is 1.79 bits per heavy atom. The highest BCUT2D eigenvalue weighted by Crippen LogP contribution is 2.25. The molecule has 1 rings (SSSR count). The number of ether oxygens (including phenoxy) is 2. The van der Waals surface area contributed by atoms with Crippen molar-refractivity contribution in [3.63, 3.8) is 0 Å². The second-order valence-electron chi connectivity index (χ2n) is 3.39. The molecular formula is C11H16O3. The van der Waals surface area contributed by atoms with Gasteiger partial charge in [0.2, 0.25) is 0 Å². The second kappa shape index (κ2) is 5.47. The SMILES string of the molecule is C=CCOC(=O)OC1=CCCCC1C. The summed E-state index contributed by atoms with van der Waals surface area (Å²) in [5, 5.41) is 0. The van der Waals surface area contributed by atoms with Crippen LogP contribution in [0.3, 0.4) is 0 Å². The summed E-state index contributed by atoms with van der Waals surface area (Å²) in [4.78, 5) is 11.1. The van der Waals surface area contributed by atoms with Crippen molar-refractivity contribution >= 4 is 6.16 Å². The van der Waals surface area contributed by atoms with Crippen LogP contribution in [0.5, 0.6) is 0 Å². The fourth-order valence-corrected chi connectivity index (χ4v) is 1.41. The van der Waals surface area contributed by atoms with Gasteiger partial charge in [-0.05, 0) is 25.3 Å². The van der Waals surface area contributed by atoms with Crippen LogP contribution in [0.25, 0.3) is 0 Å². The highest BCUT2D eigenvalue weighted by atomic mass is 16.7. The molecule has 0 bridgehead atoms. The Bertz CT molecular complexity index is 243. The van der Waals surface area contributed by atoms with Crippen molar-refractivity contribution in [1.82, 2.24) is 0 Å². The van der Waals surface area contributed by atoms with Gasteiger partial charge in [-0.3, -0.25) is 0 Å². The molecule has 0 N–H and O–H groups in total. The van der Waals surface area contributed by atoms with Gasteiger partial charge in [-0.1, -0.05) is 19.6 Å². The van der Waals surface area contributed by atoms with Crippen molar-refractivity contribution in [3.05, 3.63) is 24.5 Å². The van der Waals surface area contributed by atoms with E-state index in [1.165, 1.54) is 6.08 Å². The summed E-state index contributed by atoms with van der Waals surface area (Å²) in [6.07, 6.45) is 6.05. The molecule has 78 valence electrons. The van der Waals surface area contributed by atoms with E-state index in [0.29, 0.717) is 5.92 Å². The number of hydrogen-bond donors (Lipinski definition) is 0.